The average Bonchev–Trinajstić information content (AvgIpc) is 2.84. The zero-order chi connectivity index (χ0) is 19.7. The molecule has 0 atom stereocenters. The zero-order valence-electron chi connectivity index (χ0n) is 16.3. The standard InChI is InChI=1S/C22H24N4O2/c1-3-24(4-2)13-14-25-15-20-23-18-11-7-5-9-16(18)22(28)26(20)19-12-8-6-10-17(19)21(25)27/h5-12H,3-4,13-15H2,1-2H3. The highest BCUT2D eigenvalue weighted by atomic mass is 16.2. The Morgan fingerprint density at radius 2 is 1.71 bits per heavy atom. The summed E-state index contributed by atoms with van der Waals surface area (Å²) >= 11 is 0. The van der Waals surface area contributed by atoms with Gasteiger partial charge in [0.05, 0.1) is 28.7 Å². The van der Waals surface area contributed by atoms with E-state index < -0.39 is 0 Å². The van der Waals surface area contributed by atoms with Gasteiger partial charge in [-0.25, -0.2) is 4.98 Å². The minimum absolute atomic E-state index is 0.0586. The van der Waals surface area contributed by atoms with Gasteiger partial charge in [0, 0.05) is 13.1 Å². The highest BCUT2D eigenvalue weighted by Gasteiger charge is 2.28. The van der Waals surface area contributed by atoms with E-state index in [4.69, 9.17) is 4.98 Å². The van der Waals surface area contributed by atoms with E-state index in [1.165, 1.54) is 0 Å². The second-order valence-corrected chi connectivity index (χ2v) is 6.96. The van der Waals surface area contributed by atoms with E-state index in [0.29, 0.717) is 41.1 Å². The molecule has 6 nitrogen and oxygen atoms in total. The number of nitrogens with zero attached hydrogens (tertiary/aromatic N) is 4. The van der Waals surface area contributed by atoms with Gasteiger partial charge < -0.3 is 9.80 Å². The van der Waals surface area contributed by atoms with E-state index in [1.807, 2.05) is 36.4 Å². The van der Waals surface area contributed by atoms with E-state index in [2.05, 4.69) is 18.7 Å². The van der Waals surface area contributed by atoms with Crippen LogP contribution in [-0.4, -0.2) is 51.4 Å². The average molecular weight is 376 g/mol. The number of hydrogen-bond donors (Lipinski definition) is 0. The first-order valence-corrected chi connectivity index (χ1v) is 9.75. The summed E-state index contributed by atoms with van der Waals surface area (Å²) in [6.07, 6.45) is 0. The Bertz CT molecular complexity index is 1090. The van der Waals surface area contributed by atoms with Crippen molar-refractivity contribution in [3.05, 3.63) is 70.3 Å². The molecule has 0 fully saturated rings. The third kappa shape index (κ3) is 3.10. The Balaban J connectivity index is 1.86. The fraction of sp³-hybridized carbons (Fsp3) is 0.318. The van der Waals surface area contributed by atoms with Crippen LogP contribution in [0.5, 0.6) is 0 Å². The molecule has 0 N–H and O–H groups in total. The molecular formula is C22H24N4O2. The number of fused-ring (bicyclic) bond motifs is 4. The second-order valence-electron chi connectivity index (χ2n) is 6.96. The Hall–Kier alpha value is -2.99. The SMILES string of the molecule is CCN(CC)CCN1Cc2nc3ccccc3c(=O)n2-c2ccccc2C1=O. The molecule has 1 aliphatic rings. The Labute approximate surface area is 164 Å². The normalized spacial score (nSPS) is 13.5. The van der Waals surface area contributed by atoms with Gasteiger partial charge in [-0.05, 0) is 37.4 Å². The van der Waals surface area contributed by atoms with Crippen LogP contribution in [0.4, 0.5) is 0 Å². The van der Waals surface area contributed by atoms with Crippen LogP contribution in [0.1, 0.15) is 30.0 Å². The van der Waals surface area contributed by atoms with Crippen LogP contribution in [0, 0.1) is 0 Å². The maximum Gasteiger partial charge on any atom is 0.266 e. The lowest BCUT2D eigenvalue weighted by Gasteiger charge is -2.25. The van der Waals surface area contributed by atoms with Gasteiger partial charge in [-0.2, -0.15) is 0 Å². The molecule has 2 aromatic carbocycles. The molecule has 4 rings (SSSR count). The molecular weight excluding hydrogens is 352 g/mol. The smallest absolute Gasteiger partial charge is 0.266 e. The van der Waals surface area contributed by atoms with E-state index in [-0.39, 0.29) is 11.5 Å². The fourth-order valence-electron chi connectivity index (χ4n) is 3.78. The third-order valence-corrected chi connectivity index (χ3v) is 5.42. The number of hydrogen-bond acceptors (Lipinski definition) is 4. The van der Waals surface area contributed by atoms with Crippen LogP contribution < -0.4 is 5.56 Å². The van der Waals surface area contributed by atoms with Crippen molar-refractivity contribution in [3.63, 3.8) is 0 Å². The largest absolute Gasteiger partial charge is 0.330 e. The minimum atomic E-state index is -0.133. The predicted molar refractivity (Wildman–Crippen MR) is 110 cm³/mol. The molecule has 0 radical (unpaired) electrons. The van der Waals surface area contributed by atoms with Gasteiger partial charge in [0.1, 0.15) is 5.82 Å². The topological polar surface area (TPSA) is 58.4 Å². The molecule has 28 heavy (non-hydrogen) atoms. The molecule has 144 valence electrons. The molecule has 0 saturated carbocycles. The van der Waals surface area contributed by atoms with Crippen LogP contribution >= 0.6 is 0 Å². The second kappa shape index (κ2) is 7.56. The molecule has 1 aliphatic heterocycles. The van der Waals surface area contributed by atoms with Crippen molar-refractivity contribution in [2.75, 3.05) is 26.2 Å². The van der Waals surface area contributed by atoms with Crippen LogP contribution in [-0.2, 0) is 6.54 Å². The maximum atomic E-state index is 13.3. The Kier molecular flexibility index (Phi) is 4.96. The summed E-state index contributed by atoms with van der Waals surface area (Å²) in [5.74, 6) is 0.540. The van der Waals surface area contributed by atoms with Gasteiger partial charge in [-0.15, -0.1) is 0 Å². The molecule has 3 aromatic rings. The van der Waals surface area contributed by atoms with E-state index >= 15 is 0 Å². The Morgan fingerprint density at radius 1 is 1.00 bits per heavy atom. The summed E-state index contributed by atoms with van der Waals surface area (Å²) in [4.78, 5) is 35.3. The van der Waals surface area contributed by atoms with Crippen LogP contribution in [0.3, 0.4) is 0 Å². The number of carbonyl (C=O) groups is 1. The van der Waals surface area contributed by atoms with Crippen molar-refractivity contribution >= 4 is 16.8 Å². The van der Waals surface area contributed by atoms with Gasteiger partial charge in [-0.1, -0.05) is 38.1 Å². The van der Waals surface area contributed by atoms with Gasteiger partial charge in [0.15, 0.2) is 0 Å². The lowest BCUT2D eigenvalue weighted by Crippen LogP contribution is -2.38. The maximum absolute atomic E-state index is 13.3. The quantitative estimate of drug-likeness (QED) is 0.687. The molecule has 6 heteroatoms. The van der Waals surface area contributed by atoms with Crippen molar-refractivity contribution in [2.24, 2.45) is 0 Å². The van der Waals surface area contributed by atoms with Crippen LogP contribution in [0.25, 0.3) is 16.6 Å². The summed E-state index contributed by atoms with van der Waals surface area (Å²) in [6.45, 7) is 7.81. The van der Waals surface area contributed by atoms with E-state index in [0.717, 1.165) is 19.6 Å². The fourth-order valence-corrected chi connectivity index (χ4v) is 3.78. The highest BCUT2D eigenvalue weighted by Crippen LogP contribution is 2.23. The van der Waals surface area contributed by atoms with Crippen LogP contribution in [0.2, 0.25) is 0 Å². The lowest BCUT2D eigenvalue weighted by atomic mass is 10.1. The van der Waals surface area contributed by atoms with Crippen molar-refractivity contribution in [1.29, 1.82) is 0 Å². The lowest BCUT2D eigenvalue weighted by molar-refractivity contribution is 0.0724. The molecule has 0 bridgehead atoms. The monoisotopic (exact) mass is 376 g/mol. The zero-order valence-corrected chi connectivity index (χ0v) is 16.3. The number of likely N-dealkylation sites (N-methyl/N-ethyl adjacent to an activating group) is 1. The summed E-state index contributed by atoms with van der Waals surface area (Å²) in [5.41, 5.74) is 1.68. The molecule has 0 saturated heterocycles. The van der Waals surface area contributed by atoms with E-state index in [9.17, 15) is 9.59 Å². The number of rotatable bonds is 5. The summed E-state index contributed by atoms with van der Waals surface area (Å²) in [6, 6.07) is 14.6. The number of aromatic nitrogens is 2. The summed E-state index contributed by atoms with van der Waals surface area (Å²) in [5, 5.41) is 0.560. The van der Waals surface area contributed by atoms with Gasteiger partial charge >= 0.3 is 0 Å². The molecule has 0 aliphatic carbocycles. The van der Waals surface area contributed by atoms with Crippen molar-refractivity contribution in [1.82, 2.24) is 19.4 Å². The van der Waals surface area contributed by atoms with Gasteiger partial charge in [0.2, 0.25) is 0 Å². The molecule has 1 amide bonds. The number of carbonyl (C=O) groups excluding carboxylic acids is 1. The van der Waals surface area contributed by atoms with Crippen LogP contribution in [0.15, 0.2) is 53.3 Å². The molecule has 0 unspecified atom stereocenters. The first kappa shape index (κ1) is 18.4. The van der Waals surface area contributed by atoms with Crippen molar-refractivity contribution in [2.45, 2.75) is 20.4 Å². The van der Waals surface area contributed by atoms with E-state index in [1.54, 1.807) is 21.6 Å². The summed E-state index contributed by atoms with van der Waals surface area (Å²) in [7, 11) is 0. The molecule has 1 aromatic heterocycles. The molecule has 0 spiro atoms. The first-order valence-electron chi connectivity index (χ1n) is 9.75. The van der Waals surface area contributed by atoms with Gasteiger partial charge in [0.25, 0.3) is 11.5 Å². The number of amides is 1. The highest BCUT2D eigenvalue weighted by molar-refractivity contribution is 5.98. The van der Waals surface area contributed by atoms with Gasteiger partial charge in [-0.3, -0.25) is 14.2 Å². The van der Waals surface area contributed by atoms with Crippen molar-refractivity contribution in [3.8, 4) is 5.69 Å². The first-order chi connectivity index (χ1) is 13.6. The molecule has 2 heterocycles. The third-order valence-electron chi connectivity index (χ3n) is 5.42. The minimum Gasteiger partial charge on any atom is -0.330 e. The van der Waals surface area contributed by atoms with Crippen molar-refractivity contribution < 1.29 is 4.79 Å². The number of para-hydroxylation sites is 2. The predicted octanol–water partition coefficient (Wildman–Crippen LogP) is 2.68. The Morgan fingerprint density at radius 3 is 2.50 bits per heavy atom. The number of benzene rings is 2. The summed E-state index contributed by atoms with van der Waals surface area (Å²) < 4.78 is 1.60.